The summed E-state index contributed by atoms with van der Waals surface area (Å²) in [6.07, 6.45) is 2.25. The highest BCUT2D eigenvalue weighted by Crippen LogP contribution is 2.23. The Morgan fingerprint density at radius 2 is 1.77 bits per heavy atom. The molecule has 0 aliphatic carbocycles. The number of pyridine rings is 2. The molecule has 8 nitrogen and oxygen atoms in total. The molecule has 3 aromatic heterocycles. The zero-order valence-electron chi connectivity index (χ0n) is 19.1. The molecule has 0 saturated heterocycles. The number of carbonyl (C=O) groups excluding carboxylic acids is 1. The van der Waals surface area contributed by atoms with Crippen molar-refractivity contribution in [2.75, 3.05) is 12.4 Å². The Labute approximate surface area is 200 Å². The Kier molecular flexibility index (Phi) is 5.85. The van der Waals surface area contributed by atoms with Crippen molar-refractivity contribution in [2.45, 2.75) is 13.0 Å². The minimum Gasteiger partial charge on any atom is -0.495 e. The van der Waals surface area contributed by atoms with Crippen LogP contribution in [0.4, 0.5) is 5.69 Å². The first kappa shape index (κ1) is 22.1. The Hall–Kier alpha value is -4.72. The number of amides is 1. The lowest BCUT2D eigenvalue weighted by atomic mass is 10.1. The SMILES string of the molecule is COc1ccccc1NC(=O)c1cc2c(=O)n3ccccc3nc2n(CCc2ccccc2)c1=N. The third-order valence-electron chi connectivity index (χ3n) is 5.89. The molecule has 0 fully saturated rings. The summed E-state index contributed by atoms with van der Waals surface area (Å²) in [6.45, 7) is 0.380. The van der Waals surface area contributed by atoms with E-state index in [-0.39, 0.29) is 22.0 Å². The second kappa shape index (κ2) is 9.26. The van der Waals surface area contributed by atoms with Crippen LogP contribution >= 0.6 is 0 Å². The fourth-order valence-electron chi connectivity index (χ4n) is 4.10. The first-order valence-electron chi connectivity index (χ1n) is 11.1. The smallest absolute Gasteiger partial charge is 0.267 e. The standard InChI is InChI=1S/C27H23N5O3/c1-35-22-12-6-5-11-21(22)29-26(33)19-17-20-25(30-23-13-7-8-15-31(23)27(20)34)32(24(19)28)16-14-18-9-3-2-4-10-18/h2-13,15,17,28H,14,16H2,1H3,(H,29,33). The van der Waals surface area contributed by atoms with Crippen LogP contribution in [0.15, 0.2) is 89.9 Å². The van der Waals surface area contributed by atoms with E-state index in [4.69, 9.17) is 10.1 Å². The monoisotopic (exact) mass is 465 g/mol. The molecular formula is C27H23N5O3. The van der Waals surface area contributed by atoms with Gasteiger partial charge in [0.15, 0.2) is 0 Å². The topological polar surface area (TPSA) is 101 Å². The van der Waals surface area contributed by atoms with Gasteiger partial charge in [0.2, 0.25) is 0 Å². The van der Waals surface area contributed by atoms with Gasteiger partial charge in [0, 0.05) is 12.7 Å². The Morgan fingerprint density at radius 3 is 2.57 bits per heavy atom. The van der Waals surface area contributed by atoms with Gasteiger partial charge >= 0.3 is 0 Å². The van der Waals surface area contributed by atoms with E-state index in [1.807, 2.05) is 30.3 Å². The van der Waals surface area contributed by atoms with Gasteiger partial charge in [-0.05, 0) is 42.3 Å². The van der Waals surface area contributed by atoms with Gasteiger partial charge in [0.1, 0.15) is 22.5 Å². The van der Waals surface area contributed by atoms with Crippen LogP contribution in [0.1, 0.15) is 15.9 Å². The number of rotatable bonds is 6. The molecular weight excluding hydrogens is 442 g/mol. The predicted molar refractivity (Wildman–Crippen MR) is 134 cm³/mol. The molecule has 0 spiro atoms. The average molecular weight is 466 g/mol. The zero-order valence-corrected chi connectivity index (χ0v) is 19.1. The van der Waals surface area contributed by atoms with Crippen molar-refractivity contribution in [1.82, 2.24) is 14.0 Å². The summed E-state index contributed by atoms with van der Waals surface area (Å²) < 4.78 is 8.40. The number of nitrogens with one attached hydrogen (secondary N) is 2. The van der Waals surface area contributed by atoms with E-state index in [0.29, 0.717) is 35.7 Å². The number of fused-ring (bicyclic) bond motifs is 2. The largest absolute Gasteiger partial charge is 0.495 e. The van der Waals surface area contributed by atoms with Gasteiger partial charge in [-0.2, -0.15) is 0 Å². The Balaban J connectivity index is 1.67. The van der Waals surface area contributed by atoms with E-state index in [9.17, 15) is 9.59 Å². The minimum atomic E-state index is -0.507. The van der Waals surface area contributed by atoms with Crippen molar-refractivity contribution in [3.63, 3.8) is 0 Å². The van der Waals surface area contributed by atoms with Crippen LogP contribution < -0.4 is 21.1 Å². The maximum atomic E-state index is 13.4. The van der Waals surface area contributed by atoms with Crippen molar-refractivity contribution < 1.29 is 9.53 Å². The number of ether oxygens (including phenoxy) is 1. The summed E-state index contributed by atoms with van der Waals surface area (Å²) in [4.78, 5) is 31.4. The number of aromatic nitrogens is 3. The molecule has 0 saturated carbocycles. The van der Waals surface area contributed by atoms with Gasteiger partial charge in [0.25, 0.3) is 11.5 Å². The number of hydrogen-bond donors (Lipinski definition) is 2. The summed E-state index contributed by atoms with van der Waals surface area (Å²) in [6, 6.07) is 23.6. The van der Waals surface area contributed by atoms with Crippen LogP contribution in [-0.4, -0.2) is 27.0 Å². The molecule has 2 N–H and O–H groups in total. The second-order valence-corrected chi connectivity index (χ2v) is 8.03. The van der Waals surface area contributed by atoms with E-state index in [2.05, 4.69) is 10.3 Å². The van der Waals surface area contributed by atoms with Crippen LogP contribution in [0.2, 0.25) is 0 Å². The van der Waals surface area contributed by atoms with Crippen LogP contribution in [0, 0.1) is 5.41 Å². The fourth-order valence-corrected chi connectivity index (χ4v) is 4.10. The van der Waals surface area contributed by atoms with Gasteiger partial charge < -0.3 is 14.6 Å². The number of carbonyl (C=O) groups is 1. The van der Waals surface area contributed by atoms with E-state index in [1.54, 1.807) is 53.2 Å². The molecule has 0 unspecified atom stereocenters. The second-order valence-electron chi connectivity index (χ2n) is 8.03. The zero-order chi connectivity index (χ0) is 24.4. The number of nitrogens with zero attached hydrogens (tertiary/aromatic N) is 3. The van der Waals surface area contributed by atoms with Crippen molar-refractivity contribution >= 4 is 28.3 Å². The summed E-state index contributed by atoms with van der Waals surface area (Å²) >= 11 is 0. The number of para-hydroxylation sites is 2. The average Bonchev–Trinajstić information content (AvgIpc) is 2.89. The third-order valence-corrected chi connectivity index (χ3v) is 5.89. The lowest BCUT2D eigenvalue weighted by Crippen LogP contribution is -2.32. The molecule has 0 radical (unpaired) electrons. The van der Waals surface area contributed by atoms with Gasteiger partial charge in [-0.15, -0.1) is 0 Å². The molecule has 35 heavy (non-hydrogen) atoms. The summed E-state index contributed by atoms with van der Waals surface area (Å²) in [7, 11) is 1.52. The quantitative estimate of drug-likeness (QED) is 0.374. The van der Waals surface area contributed by atoms with Gasteiger partial charge in [-0.25, -0.2) is 4.98 Å². The molecule has 3 heterocycles. The molecule has 0 aliphatic rings. The van der Waals surface area contributed by atoms with Gasteiger partial charge in [-0.3, -0.25) is 19.4 Å². The van der Waals surface area contributed by atoms with E-state index in [0.717, 1.165) is 5.56 Å². The maximum Gasteiger partial charge on any atom is 0.267 e. The van der Waals surface area contributed by atoms with Gasteiger partial charge in [0.05, 0.1) is 23.7 Å². The van der Waals surface area contributed by atoms with Crippen LogP contribution in [0.25, 0.3) is 16.7 Å². The molecule has 5 rings (SSSR count). The van der Waals surface area contributed by atoms with Crippen molar-refractivity contribution in [3.8, 4) is 5.75 Å². The lowest BCUT2D eigenvalue weighted by Gasteiger charge is -2.15. The first-order valence-corrected chi connectivity index (χ1v) is 11.1. The molecule has 174 valence electrons. The molecule has 8 heteroatoms. The number of aryl methyl sites for hydroxylation is 2. The van der Waals surface area contributed by atoms with Crippen molar-refractivity contribution in [3.05, 3.63) is 112 Å². The summed E-state index contributed by atoms with van der Waals surface area (Å²) in [5.41, 5.74) is 2.15. The molecule has 0 bridgehead atoms. The highest BCUT2D eigenvalue weighted by Gasteiger charge is 2.18. The van der Waals surface area contributed by atoms with Crippen molar-refractivity contribution in [2.24, 2.45) is 0 Å². The number of benzene rings is 2. The Bertz CT molecular complexity index is 1670. The number of hydrogen-bond acceptors (Lipinski definition) is 5. The molecule has 0 atom stereocenters. The van der Waals surface area contributed by atoms with E-state index < -0.39 is 5.91 Å². The molecule has 0 aliphatic heterocycles. The minimum absolute atomic E-state index is 0.0204. The molecule has 1 amide bonds. The van der Waals surface area contributed by atoms with Crippen molar-refractivity contribution in [1.29, 1.82) is 5.41 Å². The number of anilines is 1. The van der Waals surface area contributed by atoms with Crippen LogP contribution in [-0.2, 0) is 13.0 Å². The first-order chi connectivity index (χ1) is 17.1. The maximum absolute atomic E-state index is 13.4. The number of methoxy groups -OCH3 is 1. The lowest BCUT2D eigenvalue weighted by molar-refractivity contribution is 0.102. The third kappa shape index (κ3) is 4.17. The van der Waals surface area contributed by atoms with Crippen LogP contribution in [0.3, 0.4) is 0 Å². The summed E-state index contributed by atoms with van der Waals surface area (Å²) in [5.74, 6) is -0.00901. The van der Waals surface area contributed by atoms with Gasteiger partial charge in [-0.1, -0.05) is 48.5 Å². The highest BCUT2D eigenvalue weighted by molar-refractivity contribution is 6.06. The molecule has 5 aromatic rings. The predicted octanol–water partition coefficient (Wildman–Crippen LogP) is 3.63. The van der Waals surface area contributed by atoms with E-state index in [1.165, 1.54) is 17.6 Å². The van der Waals surface area contributed by atoms with Crippen LogP contribution in [0.5, 0.6) is 5.75 Å². The van der Waals surface area contributed by atoms with E-state index >= 15 is 0 Å². The fraction of sp³-hybridized carbons (Fsp3) is 0.111. The summed E-state index contributed by atoms with van der Waals surface area (Å²) in [5, 5.41) is 12.0. The Morgan fingerprint density at radius 1 is 1.03 bits per heavy atom. The normalized spacial score (nSPS) is 11.0. The highest BCUT2D eigenvalue weighted by atomic mass is 16.5. The molecule has 2 aromatic carbocycles.